The van der Waals surface area contributed by atoms with E-state index in [0.717, 1.165) is 31.4 Å². The number of unbranched alkanes of at least 4 members (excludes halogenated alkanes) is 7. The van der Waals surface area contributed by atoms with Crippen LogP contribution in [0.25, 0.3) is 0 Å². The first kappa shape index (κ1) is 17.8. The van der Waals surface area contributed by atoms with Crippen molar-refractivity contribution in [1.82, 2.24) is 0 Å². The van der Waals surface area contributed by atoms with Gasteiger partial charge in [-0.15, -0.1) is 0 Å². The predicted octanol–water partition coefficient (Wildman–Crippen LogP) is 5.22. The van der Waals surface area contributed by atoms with Crippen LogP contribution >= 0.6 is 0 Å². The van der Waals surface area contributed by atoms with E-state index in [9.17, 15) is 4.79 Å². The molecule has 0 aromatic heterocycles. The largest absolute Gasteiger partial charge is 0.483 e. The second-order valence-electron chi connectivity index (χ2n) is 5.80. The van der Waals surface area contributed by atoms with Crippen LogP contribution in [-0.2, 0) is 9.53 Å². The van der Waals surface area contributed by atoms with Crippen LogP contribution in [0.2, 0.25) is 0 Å². The number of aliphatic carboxylic acids is 1. The number of carbonyl (C=O) groups is 1. The zero-order chi connectivity index (χ0) is 15.3. The molecule has 0 amide bonds. The van der Waals surface area contributed by atoms with Gasteiger partial charge in [-0.05, 0) is 38.2 Å². The van der Waals surface area contributed by atoms with Crippen molar-refractivity contribution in [2.24, 2.45) is 0 Å². The Bertz CT molecular complexity index is 344. The van der Waals surface area contributed by atoms with Gasteiger partial charge >= 0.3 is 5.97 Å². The minimum Gasteiger partial charge on any atom is -0.483 e. The predicted molar refractivity (Wildman–Crippen MR) is 86.2 cm³/mol. The van der Waals surface area contributed by atoms with Crippen molar-refractivity contribution >= 4 is 5.97 Å². The minimum absolute atomic E-state index is 0.309. The minimum atomic E-state index is -0.682. The molecule has 1 rings (SSSR count). The molecule has 0 aromatic rings. The van der Waals surface area contributed by atoms with Gasteiger partial charge in [0.25, 0.3) is 0 Å². The lowest BCUT2D eigenvalue weighted by Gasteiger charge is -1.98. The third-order valence-electron chi connectivity index (χ3n) is 3.77. The maximum atomic E-state index is 10.4. The summed E-state index contributed by atoms with van der Waals surface area (Å²) in [4.78, 5) is 10.4. The summed E-state index contributed by atoms with van der Waals surface area (Å²) in [6, 6.07) is 0. The van der Waals surface area contributed by atoms with Crippen LogP contribution in [-0.4, -0.2) is 17.2 Å². The second-order valence-corrected chi connectivity index (χ2v) is 5.80. The quantitative estimate of drug-likeness (QED) is 0.374. The van der Waals surface area contributed by atoms with E-state index in [-0.39, 0.29) is 0 Å². The Morgan fingerprint density at radius 3 is 2.67 bits per heavy atom. The number of epoxide rings is 1. The summed E-state index contributed by atoms with van der Waals surface area (Å²) >= 11 is 0. The number of hydrogen-bond acceptors (Lipinski definition) is 2. The van der Waals surface area contributed by atoms with Gasteiger partial charge in [-0.2, -0.15) is 0 Å². The fraction of sp³-hybridized carbons (Fsp3) is 0.722. The lowest BCUT2D eigenvalue weighted by molar-refractivity contribution is -0.137. The molecule has 1 heterocycles. The van der Waals surface area contributed by atoms with Gasteiger partial charge in [0.05, 0.1) is 0 Å². The first-order valence-corrected chi connectivity index (χ1v) is 8.49. The van der Waals surface area contributed by atoms with E-state index < -0.39 is 5.97 Å². The molecule has 1 atom stereocenters. The van der Waals surface area contributed by atoms with Crippen LogP contribution in [0.5, 0.6) is 0 Å². The molecule has 3 nitrogen and oxygen atoms in total. The smallest absolute Gasteiger partial charge is 0.303 e. The van der Waals surface area contributed by atoms with Crippen molar-refractivity contribution in [2.45, 2.75) is 83.7 Å². The van der Waals surface area contributed by atoms with Gasteiger partial charge in [0.2, 0.25) is 0 Å². The lowest BCUT2D eigenvalue weighted by atomic mass is 10.1. The molecule has 1 N–H and O–H groups in total. The molecular formula is C18H30O3. The van der Waals surface area contributed by atoms with Crippen LogP contribution in [0.3, 0.4) is 0 Å². The summed E-state index contributed by atoms with van der Waals surface area (Å²) in [5.41, 5.74) is 0. The fourth-order valence-corrected chi connectivity index (χ4v) is 2.39. The summed E-state index contributed by atoms with van der Waals surface area (Å²) < 4.78 is 5.54. The highest BCUT2D eigenvalue weighted by molar-refractivity contribution is 5.66. The normalized spacial score (nSPS) is 19.1. The summed E-state index contributed by atoms with van der Waals surface area (Å²) in [7, 11) is 0. The molecule has 1 saturated heterocycles. The van der Waals surface area contributed by atoms with Crippen molar-refractivity contribution in [1.29, 1.82) is 0 Å². The zero-order valence-corrected chi connectivity index (χ0v) is 13.4. The van der Waals surface area contributed by atoms with Crippen LogP contribution in [0.15, 0.2) is 24.0 Å². The number of rotatable bonds is 13. The van der Waals surface area contributed by atoms with Gasteiger partial charge in [-0.3, -0.25) is 4.79 Å². The Morgan fingerprint density at radius 2 is 1.90 bits per heavy atom. The first-order valence-electron chi connectivity index (χ1n) is 8.49. The van der Waals surface area contributed by atoms with Crippen LogP contribution in [0.1, 0.15) is 77.6 Å². The topological polar surface area (TPSA) is 49.8 Å². The van der Waals surface area contributed by atoms with Gasteiger partial charge in [-0.25, -0.2) is 0 Å². The Labute approximate surface area is 129 Å². The van der Waals surface area contributed by atoms with E-state index in [2.05, 4.69) is 25.2 Å². The van der Waals surface area contributed by atoms with Crippen LogP contribution in [0.4, 0.5) is 0 Å². The molecule has 21 heavy (non-hydrogen) atoms. The van der Waals surface area contributed by atoms with Crippen LogP contribution < -0.4 is 0 Å². The first-order chi connectivity index (χ1) is 10.2. The molecule has 1 aliphatic heterocycles. The Kier molecular flexibility index (Phi) is 9.68. The molecule has 0 aliphatic carbocycles. The Balaban J connectivity index is 1.90. The second kappa shape index (κ2) is 11.4. The van der Waals surface area contributed by atoms with Gasteiger partial charge in [-0.1, -0.05) is 51.2 Å². The molecule has 0 saturated carbocycles. The molecule has 1 aliphatic rings. The summed E-state index contributed by atoms with van der Waals surface area (Å²) in [5.74, 6) is 0.450. The van der Waals surface area contributed by atoms with Crippen molar-refractivity contribution in [3.63, 3.8) is 0 Å². The van der Waals surface area contributed by atoms with E-state index in [1.807, 2.05) is 0 Å². The molecule has 0 bridgehead atoms. The molecule has 3 heteroatoms. The van der Waals surface area contributed by atoms with Gasteiger partial charge < -0.3 is 9.84 Å². The molecule has 1 unspecified atom stereocenters. The number of allylic oxidation sites excluding steroid dienone is 3. The van der Waals surface area contributed by atoms with Crippen molar-refractivity contribution in [2.75, 3.05) is 0 Å². The molecule has 120 valence electrons. The molecule has 1 fully saturated rings. The monoisotopic (exact) mass is 294 g/mol. The van der Waals surface area contributed by atoms with Gasteiger partial charge in [0.1, 0.15) is 5.76 Å². The Hall–Kier alpha value is -1.25. The number of ether oxygens (including phenoxy) is 1. The highest BCUT2D eigenvalue weighted by atomic mass is 16.6. The van der Waals surface area contributed by atoms with E-state index in [4.69, 9.17) is 9.84 Å². The summed E-state index contributed by atoms with van der Waals surface area (Å²) in [6.45, 7) is 2.22. The van der Waals surface area contributed by atoms with Gasteiger partial charge in [0.15, 0.2) is 6.10 Å². The molecular weight excluding hydrogens is 264 g/mol. The standard InChI is InChI=1S/C18H30O3/c1-2-3-4-5-7-10-13-16-17(21-16)14-11-8-6-9-12-15-18(19)20/h7,10,13,17H,2-6,8-9,11-12,14-15H2,1H3,(H,19,20)/b10-7+,16-13+. The van der Waals surface area contributed by atoms with E-state index in [1.54, 1.807) is 0 Å². The fourth-order valence-electron chi connectivity index (χ4n) is 2.39. The Morgan fingerprint density at radius 1 is 1.14 bits per heavy atom. The van der Waals surface area contributed by atoms with E-state index in [1.165, 1.54) is 38.5 Å². The molecule has 0 spiro atoms. The third-order valence-corrected chi connectivity index (χ3v) is 3.77. The maximum absolute atomic E-state index is 10.4. The molecule has 0 aromatic carbocycles. The summed E-state index contributed by atoms with van der Waals surface area (Å²) in [6.07, 6.45) is 18.6. The van der Waals surface area contributed by atoms with Crippen molar-refractivity contribution < 1.29 is 14.6 Å². The van der Waals surface area contributed by atoms with E-state index >= 15 is 0 Å². The van der Waals surface area contributed by atoms with Crippen LogP contribution in [0, 0.1) is 0 Å². The number of carboxylic acids is 1. The van der Waals surface area contributed by atoms with Crippen molar-refractivity contribution in [3.8, 4) is 0 Å². The van der Waals surface area contributed by atoms with Gasteiger partial charge in [0, 0.05) is 6.42 Å². The van der Waals surface area contributed by atoms with E-state index in [0.29, 0.717) is 12.5 Å². The lowest BCUT2D eigenvalue weighted by Crippen LogP contribution is -1.93. The number of carboxylic acid groups (broad SMARTS) is 1. The zero-order valence-electron chi connectivity index (χ0n) is 13.4. The third kappa shape index (κ3) is 10.2. The maximum Gasteiger partial charge on any atom is 0.303 e. The average Bonchev–Trinajstić information content (AvgIpc) is 3.20. The average molecular weight is 294 g/mol. The molecule has 0 radical (unpaired) electrons. The highest BCUT2D eigenvalue weighted by Crippen LogP contribution is 2.31. The van der Waals surface area contributed by atoms with Crippen molar-refractivity contribution in [3.05, 3.63) is 24.0 Å². The SMILES string of the molecule is CCCCC/C=C/C=C1/OC1CCCCCCCC(=O)O. The number of hydrogen-bond donors (Lipinski definition) is 1. The summed E-state index contributed by atoms with van der Waals surface area (Å²) in [5, 5.41) is 8.53. The highest BCUT2D eigenvalue weighted by Gasteiger charge is 2.30.